The van der Waals surface area contributed by atoms with Crippen molar-refractivity contribution in [1.82, 2.24) is 14.6 Å². The number of hydrogen-bond acceptors (Lipinski definition) is 9. The summed E-state index contributed by atoms with van der Waals surface area (Å²) in [5.74, 6) is -0.328. The predicted molar refractivity (Wildman–Crippen MR) is 130 cm³/mol. The van der Waals surface area contributed by atoms with Crippen molar-refractivity contribution in [1.29, 1.82) is 0 Å². The van der Waals surface area contributed by atoms with Gasteiger partial charge in [0.1, 0.15) is 18.4 Å². The maximum atomic E-state index is 13.5. The molecule has 2 unspecified atom stereocenters. The average Bonchev–Trinajstić information content (AvgIpc) is 3.32. The van der Waals surface area contributed by atoms with Gasteiger partial charge >= 0.3 is 19.4 Å². The van der Waals surface area contributed by atoms with Gasteiger partial charge in [0.2, 0.25) is 0 Å². The molecule has 1 aliphatic rings. The fourth-order valence-corrected chi connectivity index (χ4v) is 4.76. The van der Waals surface area contributed by atoms with Gasteiger partial charge in [-0.25, -0.2) is 9.36 Å². The van der Waals surface area contributed by atoms with E-state index in [0.29, 0.717) is 5.56 Å². The number of esters is 1. The van der Waals surface area contributed by atoms with Crippen molar-refractivity contribution >= 4 is 13.7 Å². The van der Waals surface area contributed by atoms with Crippen molar-refractivity contribution in [2.45, 2.75) is 58.6 Å². The van der Waals surface area contributed by atoms with E-state index in [1.807, 2.05) is 6.92 Å². The highest BCUT2D eigenvalue weighted by molar-refractivity contribution is 7.52. The van der Waals surface area contributed by atoms with Crippen molar-refractivity contribution < 1.29 is 32.6 Å². The van der Waals surface area contributed by atoms with E-state index in [0.717, 1.165) is 19.3 Å². The average molecular weight is 525 g/mol. The minimum atomic E-state index is -4.09. The summed E-state index contributed by atoms with van der Waals surface area (Å²) in [6.45, 7) is 5.03. The molecular weight excluding hydrogens is 493 g/mol. The highest BCUT2D eigenvalue weighted by Crippen LogP contribution is 2.45. The van der Waals surface area contributed by atoms with Gasteiger partial charge in [-0.2, -0.15) is 5.09 Å². The molecule has 0 spiro atoms. The first-order valence-corrected chi connectivity index (χ1v) is 13.3. The molecule has 1 fully saturated rings. The minimum absolute atomic E-state index is 0.00280. The van der Waals surface area contributed by atoms with Gasteiger partial charge in [0.05, 0.1) is 13.2 Å². The van der Waals surface area contributed by atoms with E-state index in [1.54, 1.807) is 37.3 Å². The fourth-order valence-electron chi connectivity index (χ4n) is 3.29. The summed E-state index contributed by atoms with van der Waals surface area (Å²) in [5, 5.41) is 2.60. The Morgan fingerprint density at radius 2 is 2.03 bits per heavy atom. The molecule has 2 N–H and O–H groups in total. The summed E-state index contributed by atoms with van der Waals surface area (Å²) >= 11 is 0. The Morgan fingerprint density at radius 1 is 1.28 bits per heavy atom. The lowest BCUT2D eigenvalue weighted by Crippen LogP contribution is -2.36. The maximum Gasteiger partial charge on any atom is 0.459 e. The van der Waals surface area contributed by atoms with Crippen LogP contribution >= 0.6 is 7.75 Å². The van der Waals surface area contributed by atoms with E-state index in [4.69, 9.17) is 23.3 Å². The Hall–Kier alpha value is -2.76. The van der Waals surface area contributed by atoms with Gasteiger partial charge in [0.15, 0.2) is 12.5 Å². The number of hydrogen-bond donors (Lipinski definition) is 2. The summed E-state index contributed by atoms with van der Waals surface area (Å²) in [4.78, 5) is 38.3. The van der Waals surface area contributed by atoms with Crippen molar-refractivity contribution in [3.8, 4) is 5.75 Å². The molecule has 4 atom stereocenters. The zero-order valence-corrected chi connectivity index (χ0v) is 21.4. The lowest BCUT2D eigenvalue weighted by molar-refractivity contribution is -0.145. The third-order valence-electron chi connectivity index (χ3n) is 5.24. The van der Waals surface area contributed by atoms with Crippen LogP contribution in [0.2, 0.25) is 0 Å². The number of benzene rings is 1. The molecule has 1 aliphatic heterocycles. The van der Waals surface area contributed by atoms with Crippen LogP contribution in [0.1, 0.15) is 44.9 Å². The Kier molecular flexibility index (Phi) is 10.0. The molecule has 1 aromatic heterocycles. The summed E-state index contributed by atoms with van der Waals surface area (Å²) in [7, 11) is -4.09. The molecule has 0 radical (unpaired) electrons. The van der Waals surface area contributed by atoms with Gasteiger partial charge in [-0.15, -0.1) is 0 Å². The van der Waals surface area contributed by atoms with Crippen LogP contribution in [0.25, 0.3) is 0 Å². The number of ether oxygens (including phenoxy) is 3. The molecule has 1 aromatic carbocycles. The van der Waals surface area contributed by atoms with E-state index in [-0.39, 0.29) is 25.6 Å². The smallest absolute Gasteiger partial charge is 0.459 e. The Labute approximate surface area is 208 Å². The summed E-state index contributed by atoms with van der Waals surface area (Å²) in [6, 6.07) is 7.36. The van der Waals surface area contributed by atoms with E-state index in [1.165, 1.54) is 17.7 Å². The second-order valence-corrected chi connectivity index (χ2v) is 9.95. The molecule has 2 aromatic rings. The summed E-state index contributed by atoms with van der Waals surface area (Å²) in [6.07, 6.45) is 2.22. The minimum Gasteiger partial charge on any atom is -0.465 e. The number of rotatable bonds is 13. The van der Waals surface area contributed by atoms with E-state index in [2.05, 4.69) is 10.1 Å². The van der Waals surface area contributed by atoms with Gasteiger partial charge in [0, 0.05) is 11.8 Å². The van der Waals surface area contributed by atoms with Crippen molar-refractivity contribution in [2.75, 3.05) is 19.8 Å². The van der Waals surface area contributed by atoms with Crippen LogP contribution in [0.15, 0.2) is 46.1 Å². The van der Waals surface area contributed by atoms with Gasteiger partial charge in [0.25, 0.3) is 5.56 Å². The number of carbonyl (C=O) groups is 1. The highest BCUT2D eigenvalue weighted by atomic mass is 31.2. The maximum absolute atomic E-state index is 13.5. The van der Waals surface area contributed by atoms with Gasteiger partial charge in [-0.05, 0) is 32.4 Å². The second kappa shape index (κ2) is 13.0. The molecule has 0 aliphatic carbocycles. The molecule has 36 heavy (non-hydrogen) atoms. The number of nitrogens with one attached hydrogen (secondary N) is 2. The Morgan fingerprint density at radius 3 is 2.75 bits per heavy atom. The number of aromatic amines is 1. The predicted octanol–water partition coefficient (Wildman–Crippen LogP) is 2.63. The first kappa shape index (κ1) is 27.8. The summed E-state index contributed by atoms with van der Waals surface area (Å²) in [5.41, 5.74) is -0.802. The number of aromatic nitrogens is 2. The quantitative estimate of drug-likeness (QED) is 0.227. The van der Waals surface area contributed by atoms with Crippen LogP contribution in [0.5, 0.6) is 5.75 Å². The van der Waals surface area contributed by atoms with Gasteiger partial charge in [-0.3, -0.25) is 23.7 Å². The summed E-state index contributed by atoms with van der Waals surface area (Å²) < 4.78 is 42.4. The fraction of sp³-hybridized carbons (Fsp3) is 0.522. The molecule has 12 nitrogen and oxygen atoms in total. The number of carbonyl (C=O) groups excluding carboxylic acids is 1. The number of nitrogens with zero attached hydrogens (tertiary/aromatic N) is 1. The first-order chi connectivity index (χ1) is 17.2. The van der Waals surface area contributed by atoms with Crippen molar-refractivity contribution in [3.63, 3.8) is 0 Å². The van der Waals surface area contributed by atoms with Crippen LogP contribution < -0.4 is 20.9 Å². The van der Waals surface area contributed by atoms with Crippen molar-refractivity contribution in [3.05, 3.63) is 62.9 Å². The molecule has 2 heterocycles. The molecule has 198 valence electrons. The van der Waals surface area contributed by atoms with Crippen LogP contribution in [0.4, 0.5) is 0 Å². The molecule has 3 rings (SSSR count). The highest BCUT2D eigenvalue weighted by Gasteiger charge is 2.36. The van der Waals surface area contributed by atoms with Crippen LogP contribution in [0, 0.1) is 6.92 Å². The standard InChI is InChI=1S/C23H32N3O9P/c1-4-5-9-12-31-22(28)17(3)25-36(30,35-18-10-7-6-8-11-18)33-15-20-32-14-19(34-20)26-13-16(2)21(27)24-23(26)29/h6-8,10-11,13,17,19-20H,4-5,9,12,14-15H2,1-3H3,(H,25,30)(H,24,27,29)/t17?,19-,20-,36?/m1/s1. The Balaban J connectivity index is 1.64. The van der Waals surface area contributed by atoms with Crippen molar-refractivity contribution in [2.24, 2.45) is 0 Å². The SMILES string of the molecule is CCCCCOC(=O)C(C)NP(=O)(OC[C@@H]1OC[C@H](n2cc(C)c(=O)[nH]c2=O)O1)Oc1ccccc1. The van der Waals surface area contributed by atoms with E-state index >= 15 is 0 Å². The van der Waals surface area contributed by atoms with Crippen LogP contribution in [0.3, 0.4) is 0 Å². The largest absolute Gasteiger partial charge is 0.465 e. The lowest BCUT2D eigenvalue weighted by atomic mass is 10.3. The normalized spacial score (nSPS) is 20.0. The molecule has 13 heteroatoms. The zero-order valence-electron chi connectivity index (χ0n) is 20.5. The molecule has 0 saturated carbocycles. The Bertz CT molecular complexity index is 1170. The lowest BCUT2D eigenvalue weighted by Gasteiger charge is -2.23. The molecule has 1 saturated heterocycles. The van der Waals surface area contributed by atoms with Crippen LogP contribution in [-0.4, -0.2) is 47.7 Å². The number of para-hydroxylation sites is 1. The second-order valence-electron chi connectivity index (χ2n) is 8.26. The topological polar surface area (TPSA) is 147 Å². The van der Waals surface area contributed by atoms with E-state index in [9.17, 15) is 18.9 Å². The molecular formula is C23H32N3O9P. The zero-order chi connectivity index (χ0) is 26.1. The molecule has 0 bridgehead atoms. The van der Waals surface area contributed by atoms with Gasteiger partial charge in [-0.1, -0.05) is 38.0 Å². The third-order valence-corrected chi connectivity index (χ3v) is 6.88. The van der Waals surface area contributed by atoms with Gasteiger partial charge < -0.3 is 18.7 Å². The van der Waals surface area contributed by atoms with E-state index < -0.39 is 43.5 Å². The third kappa shape index (κ3) is 7.87. The number of H-pyrrole nitrogens is 1. The molecule has 0 amide bonds. The van der Waals surface area contributed by atoms with Crippen LogP contribution in [-0.2, 0) is 28.1 Å². The number of aryl methyl sites for hydroxylation is 1. The number of unbranched alkanes of at least 4 members (excludes halogenated alkanes) is 2. The first-order valence-electron chi connectivity index (χ1n) is 11.7. The monoisotopic (exact) mass is 525 g/mol.